The van der Waals surface area contributed by atoms with E-state index < -0.39 is 0 Å². The van der Waals surface area contributed by atoms with Crippen LogP contribution in [0, 0.1) is 0 Å². The summed E-state index contributed by atoms with van der Waals surface area (Å²) in [7, 11) is 4.48. The summed E-state index contributed by atoms with van der Waals surface area (Å²) in [5.41, 5.74) is 4.98. The highest BCUT2D eigenvalue weighted by molar-refractivity contribution is 5.87. The molecule has 1 aromatic heterocycles. The van der Waals surface area contributed by atoms with Gasteiger partial charge in [0.15, 0.2) is 5.82 Å². The summed E-state index contributed by atoms with van der Waals surface area (Å²) in [5.74, 6) is 1.65. The minimum atomic E-state index is -0.293. The van der Waals surface area contributed by atoms with Crippen LogP contribution in [0.2, 0.25) is 0 Å². The molecule has 2 aliphatic rings. The first-order valence-corrected chi connectivity index (χ1v) is 20.3. The van der Waals surface area contributed by atoms with Gasteiger partial charge in [-0.15, -0.1) is 0 Å². The van der Waals surface area contributed by atoms with Gasteiger partial charge in [0.2, 0.25) is 11.8 Å². The lowest BCUT2D eigenvalue weighted by molar-refractivity contribution is 0.0501. The first-order chi connectivity index (χ1) is 27.6. The molecule has 6 aromatic carbocycles. The van der Waals surface area contributed by atoms with Crippen LogP contribution in [0.3, 0.4) is 0 Å². The lowest BCUT2D eigenvalue weighted by atomic mass is 9.90. The molecule has 0 spiro atoms. The monoisotopic (exact) mass is 738 g/mol. The van der Waals surface area contributed by atoms with E-state index in [1.165, 1.54) is 45.5 Å². The van der Waals surface area contributed by atoms with Crippen LogP contribution in [0.4, 0.5) is 0 Å². The van der Waals surface area contributed by atoms with Crippen molar-refractivity contribution in [3.63, 3.8) is 0 Å². The van der Waals surface area contributed by atoms with Crippen molar-refractivity contribution >= 4 is 21.5 Å². The second-order valence-electron chi connectivity index (χ2n) is 15.6. The van der Waals surface area contributed by atoms with Gasteiger partial charge < -0.3 is 9.47 Å². The maximum Gasteiger partial charge on any atom is 0.229 e. The number of hydrogen-bond donors (Lipinski definition) is 0. The van der Waals surface area contributed by atoms with E-state index >= 15 is 0 Å². The minimum absolute atomic E-state index is 0.150. The molecule has 0 radical (unpaired) electrons. The molecule has 6 nitrogen and oxygen atoms in total. The zero-order chi connectivity index (χ0) is 37.8. The van der Waals surface area contributed by atoms with Gasteiger partial charge in [-0.05, 0) is 80.0 Å². The molecule has 4 atom stereocenters. The third kappa shape index (κ3) is 7.27. The highest BCUT2D eigenvalue weighted by atomic mass is 16.5. The predicted molar refractivity (Wildman–Crippen MR) is 228 cm³/mol. The molecule has 7 aromatic rings. The fourth-order valence-corrected chi connectivity index (χ4v) is 9.06. The van der Waals surface area contributed by atoms with E-state index in [-0.39, 0.29) is 24.3 Å². The maximum absolute atomic E-state index is 7.55. The Hall–Kier alpha value is -5.56. The number of hydrogen-bond acceptors (Lipinski definition) is 6. The molecule has 0 amide bonds. The third-order valence-corrected chi connectivity index (χ3v) is 12.0. The molecular formula is C50H50N4O2. The first-order valence-electron chi connectivity index (χ1n) is 20.3. The predicted octanol–water partition coefficient (Wildman–Crippen LogP) is 11.3. The van der Waals surface area contributed by atoms with E-state index in [4.69, 9.17) is 19.4 Å². The van der Waals surface area contributed by atoms with Crippen LogP contribution in [0.5, 0.6) is 11.8 Å². The number of rotatable bonds is 10. The molecule has 56 heavy (non-hydrogen) atoms. The Morgan fingerprint density at radius 3 is 1.39 bits per heavy atom. The van der Waals surface area contributed by atoms with Crippen molar-refractivity contribution in [2.75, 3.05) is 27.2 Å². The highest BCUT2D eigenvalue weighted by Gasteiger charge is 2.36. The smallest absolute Gasteiger partial charge is 0.229 e. The van der Waals surface area contributed by atoms with Gasteiger partial charge in [0.05, 0.1) is 12.1 Å². The van der Waals surface area contributed by atoms with E-state index in [2.05, 4.69) is 151 Å². The summed E-state index contributed by atoms with van der Waals surface area (Å²) in [4.78, 5) is 15.7. The molecule has 282 valence electrons. The van der Waals surface area contributed by atoms with Crippen LogP contribution in [-0.4, -0.2) is 59.0 Å². The van der Waals surface area contributed by atoms with E-state index in [1.807, 2.05) is 18.2 Å². The molecule has 2 aliphatic heterocycles. The maximum atomic E-state index is 7.55. The van der Waals surface area contributed by atoms with Gasteiger partial charge in [-0.2, -0.15) is 9.97 Å². The van der Waals surface area contributed by atoms with Gasteiger partial charge in [-0.1, -0.05) is 158 Å². The van der Waals surface area contributed by atoms with E-state index in [9.17, 15) is 0 Å². The van der Waals surface area contributed by atoms with Crippen LogP contribution < -0.4 is 9.47 Å². The summed E-state index contributed by atoms with van der Waals surface area (Å²) in [5, 5.41) is 4.80. The number of nitrogens with zero attached hydrogens (tertiary/aromatic N) is 4. The molecule has 2 fully saturated rings. The Morgan fingerprint density at radius 2 is 0.911 bits per heavy atom. The topological polar surface area (TPSA) is 50.7 Å². The van der Waals surface area contributed by atoms with Crippen molar-refractivity contribution in [3.05, 3.63) is 157 Å². The van der Waals surface area contributed by atoms with Crippen molar-refractivity contribution in [2.24, 2.45) is 0 Å². The van der Waals surface area contributed by atoms with E-state index in [0.29, 0.717) is 17.6 Å². The molecule has 2 saturated heterocycles. The summed E-state index contributed by atoms with van der Waals surface area (Å²) in [6.07, 6.45) is 6.14. The second-order valence-corrected chi connectivity index (χ2v) is 15.6. The number of ether oxygens (including phenoxy) is 2. The standard InChI is InChI=1S/C50H50N4O2/c1-53-33-15-13-31-43(53)46(41-29-17-25-35-19-9-11-27-39(35)41)55-49-45(37-21-5-3-6-22-37)50(52-48(51-49)38-23-7-4-8-24-38)56-47(44-32-14-16-34-54(44)2)42-30-18-26-36-20-10-12-28-40(36)42/h3-12,17-30,43-44,46-47H,13-16,31-34H2,1-2H3/t43-,44-,46+,47+/m0/s1. The minimum Gasteiger partial charge on any atom is -0.467 e. The molecule has 0 N–H and O–H groups in total. The number of likely N-dealkylation sites (tertiary alicyclic amines) is 2. The van der Waals surface area contributed by atoms with Gasteiger partial charge in [-0.3, -0.25) is 9.80 Å². The molecule has 3 heterocycles. The molecule has 0 unspecified atom stereocenters. The Kier molecular flexibility index (Phi) is 10.5. The van der Waals surface area contributed by atoms with Crippen LogP contribution in [0.1, 0.15) is 61.9 Å². The van der Waals surface area contributed by atoms with Gasteiger partial charge >= 0.3 is 0 Å². The first kappa shape index (κ1) is 36.1. The normalized spacial score (nSPS) is 19.1. The summed E-state index contributed by atoms with van der Waals surface area (Å²) in [6, 6.07) is 51.5. The second kappa shape index (κ2) is 16.3. The summed E-state index contributed by atoms with van der Waals surface area (Å²) in [6.45, 7) is 2.05. The van der Waals surface area contributed by atoms with E-state index in [0.717, 1.165) is 55.5 Å². The lowest BCUT2D eigenvalue weighted by Gasteiger charge is -2.39. The van der Waals surface area contributed by atoms with Crippen LogP contribution in [-0.2, 0) is 0 Å². The highest BCUT2D eigenvalue weighted by Crippen LogP contribution is 2.45. The van der Waals surface area contributed by atoms with Crippen molar-refractivity contribution in [3.8, 4) is 34.3 Å². The number of fused-ring (bicyclic) bond motifs is 2. The Bertz CT molecular complexity index is 2280. The SMILES string of the molecule is CN1CCCC[C@H]1[C@H](Oc1nc(-c2ccccc2)nc(O[C@H](c2cccc3ccccc23)[C@@H]2CCCCN2C)c1-c1ccccc1)c1cccc2ccccc12. The van der Waals surface area contributed by atoms with Crippen molar-refractivity contribution in [1.82, 2.24) is 19.8 Å². The van der Waals surface area contributed by atoms with Crippen molar-refractivity contribution < 1.29 is 9.47 Å². The number of benzene rings is 6. The Labute approximate surface area is 330 Å². The average Bonchev–Trinajstić information content (AvgIpc) is 3.25. The van der Waals surface area contributed by atoms with Crippen molar-refractivity contribution in [2.45, 2.75) is 62.8 Å². The Morgan fingerprint density at radius 1 is 0.482 bits per heavy atom. The summed E-state index contributed by atoms with van der Waals surface area (Å²) >= 11 is 0. The Balaban J connectivity index is 1.27. The van der Waals surface area contributed by atoms with Gasteiger partial charge in [-0.25, -0.2) is 0 Å². The molecule has 6 heteroatoms. The zero-order valence-corrected chi connectivity index (χ0v) is 32.4. The fraction of sp³-hybridized carbons (Fsp3) is 0.280. The zero-order valence-electron chi connectivity index (χ0n) is 32.4. The van der Waals surface area contributed by atoms with E-state index in [1.54, 1.807) is 0 Å². The lowest BCUT2D eigenvalue weighted by Crippen LogP contribution is -2.43. The fourth-order valence-electron chi connectivity index (χ4n) is 9.06. The average molecular weight is 739 g/mol. The molecule has 0 aliphatic carbocycles. The van der Waals surface area contributed by atoms with Gasteiger partial charge in [0, 0.05) is 16.7 Å². The molecule has 0 bridgehead atoms. The van der Waals surface area contributed by atoms with Crippen LogP contribution in [0.25, 0.3) is 44.1 Å². The molecular weight excluding hydrogens is 689 g/mol. The van der Waals surface area contributed by atoms with Crippen LogP contribution >= 0.6 is 0 Å². The number of piperidine rings is 2. The van der Waals surface area contributed by atoms with Crippen molar-refractivity contribution in [1.29, 1.82) is 0 Å². The molecule has 0 saturated carbocycles. The molecule has 9 rings (SSSR count). The summed E-state index contributed by atoms with van der Waals surface area (Å²) < 4.78 is 15.1. The largest absolute Gasteiger partial charge is 0.467 e. The van der Waals surface area contributed by atoms with Gasteiger partial charge in [0.1, 0.15) is 17.8 Å². The number of likely N-dealkylation sites (N-methyl/N-ethyl adjacent to an activating group) is 2. The number of aromatic nitrogens is 2. The quantitative estimate of drug-likeness (QED) is 0.139. The van der Waals surface area contributed by atoms with Crippen LogP contribution in [0.15, 0.2) is 146 Å². The van der Waals surface area contributed by atoms with Gasteiger partial charge in [0.25, 0.3) is 0 Å². The third-order valence-electron chi connectivity index (χ3n) is 12.0.